The topological polar surface area (TPSA) is 116 Å². The molecule has 0 radical (unpaired) electrons. The molecule has 0 bridgehead atoms. The van der Waals surface area contributed by atoms with Crippen LogP contribution in [0.25, 0.3) is 0 Å². The summed E-state index contributed by atoms with van der Waals surface area (Å²) in [5.41, 5.74) is 0.823. The third-order valence-electron chi connectivity index (χ3n) is 7.87. The average Bonchev–Trinajstić information content (AvgIpc) is 3.18. The van der Waals surface area contributed by atoms with Crippen LogP contribution < -0.4 is 5.32 Å². The molecule has 1 aromatic rings. The highest BCUT2D eigenvalue weighted by atomic mass is 16.6. The maximum absolute atomic E-state index is 13.3. The van der Waals surface area contributed by atoms with Gasteiger partial charge < -0.3 is 20.1 Å². The van der Waals surface area contributed by atoms with Gasteiger partial charge in [-0.2, -0.15) is 0 Å². The van der Waals surface area contributed by atoms with E-state index in [0.29, 0.717) is 25.9 Å². The van der Waals surface area contributed by atoms with Crippen molar-refractivity contribution in [1.82, 2.24) is 15.1 Å². The number of nitrogens with one attached hydrogen (secondary N) is 1. The average molecular weight is 496 g/mol. The Morgan fingerprint density at radius 2 is 1.78 bits per heavy atom. The normalized spacial score (nSPS) is 31.3. The Morgan fingerprint density at radius 1 is 1.06 bits per heavy atom. The minimum Gasteiger partial charge on any atom is -0.479 e. The van der Waals surface area contributed by atoms with Gasteiger partial charge in [-0.1, -0.05) is 49.3 Å². The third kappa shape index (κ3) is 4.83. The molecular formula is C27H33N3O6. The van der Waals surface area contributed by atoms with Crippen LogP contribution in [0.2, 0.25) is 0 Å². The summed E-state index contributed by atoms with van der Waals surface area (Å²) in [7, 11) is 0. The standard InChI is InChI=1S/C27H33N3O6/c31-23-12-6-4-2-1-3-5-11-20-14-27(20,25(33)34)28-24(32)22-13-21(17-30(22)23)36-26(35)29-15-18-9-7-8-10-19(18)16-29/h5,7-11,20-22H,1-4,6,12-17H2,(H,28,32)(H,33,34)/b11-5-. The van der Waals surface area contributed by atoms with E-state index < -0.39 is 35.7 Å². The van der Waals surface area contributed by atoms with Crippen molar-refractivity contribution in [3.63, 3.8) is 0 Å². The van der Waals surface area contributed by atoms with E-state index in [9.17, 15) is 24.3 Å². The molecule has 4 atom stereocenters. The van der Waals surface area contributed by atoms with Gasteiger partial charge in [0, 0.05) is 31.8 Å². The number of nitrogens with zero attached hydrogens (tertiary/aromatic N) is 2. The molecule has 36 heavy (non-hydrogen) atoms. The monoisotopic (exact) mass is 495 g/mol. The highest BCUT2D eigenvalue weighted by Gasteiger charge is 2.61. The molecule has 192 valence electrons. The molecule has 0 aromatic heterocycles. The number of carboxylic acid groups (broad SMARTS) is 1. The van der Waals surface area contributed by atoms with Crippen molar-refractivity contribution in [2.24, 2.45) is 5.92 Å². The Morgan fingerprint density at radius 3 is 2.50 bits per heavy atom. The van der Waals surface area contributed by atoms with Crippen molar-refractivity contribution in [3.8, 4) is 0 Å². The summed E-state index contributed by atoms with van der Waals surface area (Å²) in [4.78, 5) is 54.5. The number of carbonyl (C=O) groups excluding carboxylic acids is 3. The second-order valence-electron chi connectivity index (χ2n) is 10.4. The molecule has 0 spiro atoms. The number of amides is 3. The summed E-state index contributed by atoms with van der Waals surface area (Å²) < 4.78 is 5.76. The van der Waals surface area contributed by atoms with E-state index in [1.165, 1.54) is 4.90 Å². The molecule has 1 aliphatic carbocycles. The van der Waals surface area contributed by atoms with Crippen molar-refractivity contribution in [2.75, 3.05) is 6.54 Å². The van der Waals surface area contributed by atoms with Gasteiger partial charge in [-0.25, -0.2) is 9.59 Å². The maximum Gasteiger partial charge on any atom is 0.410 e. The number of aliphatic carboxylic acids is 1. The zero-order valence-corrected chi connectivity index (χ0v) is 20.4. The molecule has 4 unspecified atom stereocenters. The first-order valence-electron chi connectivity index (χ1n) is 12.9. The Bertz CT molecular complexity index is 1060. The predicted octanol–water partition coefficient (Wildman–Crippen LogP) is 2.98. The van der Waals surface area contributed by atoms with E-state index in [2.05, 4.69) is 5.32 Å². The number of carbonyl (C=O) groups is 4. The van der Waals surface area contributed by atoms with E-state index in [4.69, 9.17) is 4.74 Å². The molecular weight excluding hydrogens is 462 g/mol. The number of carboxylic acids is 1. The van der Waals surface area contributed by atoms with Crippen LogP contribution in [0.5, 0.6) is 0 Å². The predicted molar refractivity (Wildman–Crippen MR) is 130 cm³/mol. The van der Waals surface area contributed by atoms with Crippen molar-refractivity contribution in [2.45, 2.75) is 82.1 Å². The van der Waals surface area contributed by atoms with Gasteiger partial charge in [-0.05, 0) is 36.8 Å². The molecule has 9 heteroatoms. The smallest absolute Gasteiger partial charge is 0.410 e. The molecule has 1 saturated heterocycles. The van der Waals surface area contributed by atoms with E-state index in [1.54, 1.807) is 4.90 Å². The van der Waals surface area contributed by atoms with Gasteiger partial charge in [0.15, 0.2) is 0 Å². The Balaban J connectivity index is 1.29. The molecule has 3 amide bonds. The van der Waals surface area contributed by atoms with Gasteiger partial charge in [0.1, 0.15) is 17.7 Å². The minimum absolute atomic E-state index is 0.132. The van der Waals surface area contributed by atoms with Crippen LogP contribution in [-0.4, -0.2) is 63.0 Å². The van der Waals surface area contributed by atoms with E-state index >= 15 is 0 Å². The number of hydrogen-bond acceptors (Lipinski definition) is 5. The molecule has 2 N–H and O–H groups in total. The summed E-state index contributed by atoms with van der Waals surface area (Å²) in [6, 6.07) is 6.97. The van der Waals surface area contributed by atoms with E-state index in [1.807, 2.05) is 36.4 Å². The van der Waals surface area contributed by atoms with Crippen LogP contribution in [-0.2, 0) is 32.2 Å². The number of rotatable bonds is 2. The fraction of sp³-hybridized carbons (Fsp3) is 0.556. The Labute approximate surface area is 210 Å². The molecule has 4 aliphatic rings. The summed E-state index contributed by atoms with van der Waals surface area (Å²) >= 11 is 0. The van der Waals surface area contributed by atoms with Crippen molar-refractivity contribution >= 4 is 23.9 Å². The Kier molecular flexibility index (Phi) is 6.73. The molecule has 1 saturated carbocycles. The van der Waals surface area contributed by atoms with Gasteiger partial charge in [-0.3, -0.25) is 14.5 Å². The first-order chi connectivity index (χ1) is 17.4. The SMILES string of the molecule is O=C1NC2(C(=O)O)CC2/C=C\CCCCCCC(=O)N2CC(OC(=O)N3Cc4ccccc4C3)CC12. The Hall–Kier alpha value is -3.36. The largest absolute Gasteiger partial charge is 0.479 e. The first kappa shape index (κ1) is 24.3. The number of hydrogen-bond donors (Lipinski definition) is 2. The summed E-state index contributed by atoms with van der Waals surface area (Å²) in [6.07, 6.45) is 8.07. The second kappa shape index (κ2) is 9.95. The number of fused-ring (bicyclic) bond motifs is 3. The van der Waals surface area contributed by atoms with Gasteiger partial charge in [0.25, 0.3) is 0 Å². The molecule has 1 aromatic carbocycles. The van der Waals surface area contributed by atoms with Crippen molar-refractivity contribution in [1.29, 1.82) is 0 Å². The molecule has 9 nitrogen and oxygen atoms in total. The zero-order chi connectivity index (χ0) is 25.3. The van der Waals surface area contributed by atoms with Gasteiger partial charge >= 0.3 is 12.1 Å². The highest BCUT2D eigenvalue weighted by molar-refractivity contribution is 5.94. The summed E-state index contributed by atoms with van der Waals surface area (Å²) in [5.74, 6) is -1.99. The highest BCUT2D eigenvalue weighted by Crippen LogP contribution is 2.45. The fourth-order valence-electron chi connectivity index (χ4n) is 5.65. The maximum atomic E-state index is 13.3. The first-order valence-corrected chi connectivity index (χ1v) is 12.9. The van der Waals surface area contributed by atoms with Crippen LogP contribution in [0, 0.1) is 5.92 Å². The minimum atomic E-state index is -1.33. The number of benzene rings is 1. The summed E-state index contributed by atoms with van der Waals surface area (Å²) in [6.45, 7) is 1.06. The third-order valence-corrected chi connectivity index (χ3v) is 7.87. The van der Waals surface area contributed by atoms with E-state index in [0.717, 1.165) is 43.2 Å². The molecule has 3 heterocycles. The molecule has 3 aliphatic heterocycles. The fourth-order valence-corrected chi connectivity index (χ4v) is 5.65. The number of allylic oxidation sites excluding steroid dienone is 1. The lowest BCUT2D eigenvalue weighted by Gasteiger charge is -2.25. The lowest BCUT2D eigenvalue weighted by atomic mass is 10.1. The van der Waals surface area contributed by atoms with E-state index in [-0.39, 0.29) is 24.8 Å². The quantitative estimate of drug-likeness (QED) is 0.610. The van der Waals surface area contributed by atoms with Gasteiger partial charge in [0.05, 0.1) is 6.54 Å². The lowest BCUT2D eigenvalue weighted by molar-refractivity contribution is -0.145. The van der Waals surface area contributed by atoms with Crippen LogP contribution in [0.3, 0.4) is 0 Å². The van der Waals surface area contributed by atoms with Crippen molar-refractivity contribution in [3.05, 3.63) is 47.5 Å². The second-order valence-corrected chi connectivity index (χ2v) is 10.4. The van der Waals surface area contributed by atoms with Crippen LogP contribution in [0.4, 0.5) is 4.79 Å². The summed E-state index contributed by atoms with van der Waals surface area (Å²) in [5, 5.41) is 12.6. The van der Waals surface area contributed by atoms with Crippen LogP contribution in [0.15, 0.2) is 36.4 Å². The zero-order valence-electron chi connectivity index (χ0n) is 20.4. The van der Waals surface area contributed by atoms with Gasteiger partial charge in [0.2, 0.25) is 11.8 Å². The van der Waals surface area contributed by atoms with Crippen LogP contribution >= 0.6 is 0 Å². The molecule has 5 rings (SSSR count). The number of ether oxygens (including phenoxy) is 1. The van der Waals surface area contributed by atoms with Crippen molar-refractivity contribution < 1.29 is 29.0 Å². The van der Waals surface area contributed by atoms with Crippen LogP contribution in [0.1, 0.15) is 62.5 Å². The lowest BCUT2D eigenvalue weighted by Crippen LogP contribution is -2.53. The molecule has 2 fully saturated rings. The van der Waals surface area contributed by atoms with Gasteiger partial charge in [-0.15, -0.1) is 0 Å².